The van der Waals surface area contributed by atoms with Crippen molar-refractivity contribution in [2.24, 2.45) is 0 Å². The first-order valence-corrected chi connectivity index (χ1v) is 6.96. The lowest BCUT2D eigenvalue weighted by Gasteiger charge is -2.12. The minimum absolute atomic E-state index is 0.361. The van der Waals surface area contributed by atoms with Crippen LogP contribution < -0.4 is 10.9 Å². The third-order valence-electron chi connectivity index (χ3n) is 2.93. The zero-order chi connectivity index (χ0) is 14.8. The van der Waals surface area contributed by atoms with E-state index >= 15 is 0 Å². The van der Waals surface area contributed by atoms with Crippen LogP contribution in [0.25, 0.3) is 10.9 Å². The molecular formula is C12H10N6O2S. The molecule has 1 atom stereocenters. The van der Waals surface area contributed by atoms with Crippen LogP contribution >= 0.6 is 11.3 Å². The molecule has 21 heavy (non-hydrogen) atoms. The van der Waals surface area contributed by atoms with Crippen LogP contribution in [0.2, 0.25) is 0 Å². The van der Waals surface area contributed by atoms with Gasteiger partial charge in [-0.2, -0.15) is 4.68 Å². The van der Waals surface area contributed by atoms with Crippen LogP contribution in [0.4, 0.5) is 5.13 Å². The molecule has 1 aromatic carbocycles. The maximum absolute atomic E-state index is 12.3. The SMILES string of the molecule is C[C@@H](C(=O)Nc1nncs1)n1nnc2ccccc2c1=O. The Labute approximate surface area is 122 Å². The molecule has 0 bridgehead atoms. The summed E-state index contributed by atoms with van der Waals surface area (Å²) in [5.41, 5.74) is 1.64. The number of carbonyl (C=O) groups excluding carboxylic acids is 1. The minimum Gasteiger partial charge on any atom is -0.299 e. The van der Waals surface area contributed by atoms with Crippen LogP contribution in [0.1, 0.15) is 13.0 Å². The molecule has 0 fully saturated rings. The van der Waals surface area contributed by atoms with Gasteiger partial charge in [0.15, 0.2) is 0 Å². The van der Waals surface area contributed by atoms with E-state index in [0.29, 0.717) is 16.0 Å². The largest absolute Gasteiger partial charge is 0.299 e. The molecular weight excluding hydrogens is 292 g/mol. The number of aromatic nitrogens is 5. The van der Waals surface area contributed by atoms with Crippen LogP contribution in [0.15, 0.2) is 34.6 Å². The van der Waals surface area contributed by atoms with Crippen LogP contribution in [-0.2, 0) is 4.79 Å². The summed E-state index contributed by atoms with van der Waals surface area (Å²) in [5.74, 6) is -0.404. The van der Waals surface area contributed by atoms with E-state index in [2.05, 4.69) is 25.8 Å². The molecule has 0 radical (unpaired) electrons. The summed E-state index contributed by atoms with van der Waals surface area (Å²) in [6, 6.07) is 6.05. The first-order valence-electron chi connectivity index (χ1n) is 6.08. The quantitative estimate of drug-likeness (QED) is 0.769. The monoisotopic (exact) mass is 302 g/mol. The van der Waals surface area contributed by atoms with Gasteiger partial charge in [0.25, 0.3) is 11.5 Å². The van der Waals surface area contributed by atoms with E-state index in [0.717, 1.165) is 4.68 Å². The maximum Gasteiger partial charge on any atom is 0.278 e. The van der Waals surface area contributed by atoms with E-state index < -0.39 is 11.9 Å². The van der Waals surface area contributed by atoms with Crippen molar-refractivity contribution in [3.05, 3.63) is 40.1 Å². The van der Waals surface area contributed by atoms with Crippen LogP contribution in [0, 0.1) is 0 Å². The Balaban J connectivity index is 1.94. The van der Waals surface area contributed by atoms with Crippen LogP contribution in [0.5, 0.6) is 0 Å². The topological polar surface area (TPSA) is 103 Å². The number of anilines is 1. The van der Waals surface area contributed by atoms with Gasteiger partial charge in [0.05, 0.1) is 5.39 Å². The second kappa shape index (κ2) is 5.37. The van der Waals surface area contributed by atoms with Gasteiger partial charge in [0, 0.05) is 0 Å². The fourth-order valence-electron chi connectivity index (χ4n) is 1.80. The Hall–Kier alpha value is -2.68. The Kier molecular flexibility index (Phi) is 3.40. The first-order chi connectivity index (χ1) is 10.2. The van der Waals surface area contributed by atoms with Gasteiger partial charge in [-0.25, -0.2) is 0 Å². The lowest BCUT2D eigenvalue weighted by atomic mass is 10.2. The van der Waals surface area contributed by atoms with E-state index in [-0.39, 0.29) is 5.56 Å². The van der Waals surface area contributed by atoms with Gasteiger partial charge in [-0.15, -0.1) is 15.3 Å². The fourth-order valence-corrected chi connectivity index (χ4v) is 2.25. The van der Waals surface area contributed by atoms with Crippen molar-refractivity contribution in [3.63, 3.8) is 0 Å². The summed E-state index contributed by atoms with van der Waals surface area (Å²) in [4.78, 5) is 24.4. The van der Waals surface area contributed by atoms with Crippen molar-refractivity contribution in [2.45, 2.75) is 13.0 Å². The lowest BCUT2D eigenvalue weighted by Crippen LogP contribution is -2.34. The maximum atomic E-state index is 12.3. The standard InChI is InChI=1S/C12H10N6O2S/c1-7(10(19)14-12-16-13-6-21-12)18-11(20)8-4-2-3-5-9(8)15-17-18/h2-7H,1H3,(H,14,16,19)/t7-/m0/s1. The second-order valence-electron chi connectivity index (χ2n) is 4.27. The van der Waals surface area contributed by atoms with E-state index in [1.54, 1.807) is 31.2 Å². The molecule has 0 saturated heterocycles. The van der Waals surface area contributed by atoms with Gasteiger partial charge in [0.1, 0.15) is 17.1 Å². The molecule has 2 heterocycles. The highest BCUT2D eigenvalue weighted by atomic mass is 32.1. The molecule has 0 aliphatic rings. The lowest BCUT2D eigenvalue weighted by molar-refractivity contribution is -0.119. The third-order valence-corrected chi connectivity index (χ3v) is 3.53. The molecule has 0 aliphatic carbocycles. The van der Waals surface area contributed by atoms with E-state index in [1.807, 2.05) is 0 Å². The average Bonchev–Trinajstić information content (AvgIpc) is 3.00. The van der Waals surface area contributed by atoms with Gasteiger partial charge in [-0.1, -0.05) is 28.7 Å². The first kappa shape index (κ1) is 13.3. The zero-order valence-corrected chi connectivity index (χ0v) is 11.7. The van der Waals surface area contributed by atoms with Crippen molar-refractivity contribution in [1.82, 2.24) is 25.2 Å². The summed E-state index contributed by atoms with van der Waals surface area (Å²) in [6.07, 6.45) is 0. The number of fused-ring (bicyclic) bond motifs is 1. The molecule has 0 aliphatic heterocycles. The summed E-state index contributed by atoms with van der Waals surface area (Å²) < 4.78 is 1.05. The summed E-state index contributed by atoms with van der Waals surface area (Å²) >= 11 is 1.19. The minimum atomic E-state index is -0.807. The molecule has 0 unspecified atom stereocenters. The number of carbonyl (C=O) groups is 1. The Morgan fingerprint density at radius 2 is 2.14 bits per heavy atom. The Bertz CT molecular complexity index is 844. The van der Waals surface area contributed by atoms with Gasteiger partial charge in [0.2, 0.25) is 5.13 Å². The normalized spacial score (nSPS) is 12.2. The summed E-state index contributed by atoms with van der Waals surface area (Å²) in [6.45, 7) is 1.57. The van der Waals surface area contributed by atoms with E-state index in [4.69, 9.17) is 0 Å². The number of benzene rings is 1. The predicted octanol–water partition coefficient (Wildman–Crippen LogP) is 0.843. The molecule has 9 heteroatoms. The second-order valence-corrected chi connectivity index (χ2v) is 5.10. The van der Waals surface area contributed by atoms with Crippen molar-refractivity contribution >= 4 is 33.3 Å². The van der Waals surface area contributed by atoms with Crippen LogP contribution in [-0.4, -0.2) is 31.1 Å². The van der Waals surface area contributed by atoms with Gasteiger partial charge < -0.3 is 0 Å². The smallest absolute Gasteiger partial charge is 0.278 e. The summed E-state index contributed by atoms with van der Waals surface area (Å²) in [7, 11) is 0. The Morgan fingerprint density at radius 3 is 2.90 bits per heavy atom. The van der Waals surface area contributed by atoms with Crippen molar-refractivity contribution in [1.29, 1.82) is 0 Å². The highest BCUT2D eigenvalue weighted by Gasteiger charge is 2.20. The van der Waals surface area contributed by atoms with Gasteiger partial charge >= 0.3 is 0 Å². The van der Waals surface area contributed by atoms with Gasteiger partial charge in [-0.3, -0.25) is 14.9 Å². The third kappa shape index (κ3) is 2.50. The Morgan fingerprint density at radius 1 is 1.33 bits per heavy atom. The highest BCUT2D eigenvalue weighted by molar-refractivity contribution is 7.13. The predicted molar refractivity (Wildman–Crippen MR) is 77.0 cm³/mol. The van der Waals surface area contributed by atoms with Crippen molar-refractivity contribution in [2.75, 3.05) is 5.32 Å². The molecule has 1 amide bonds. The van der Waals surface area contributed by atoms with Crippen LogP contribution in [0.3, 0.4) is 0 Å². The molecule has 8 nitrogen and oxygen atoms in total. The highest BCUT2D eigenvalue weighted by Crippen LogP contribution is 2.12. The van der Waals surface area contributed by atoms with Crippen molar-refractivity contribution < 1.29 is 4.79 Å². The molecule has 0 saturated carbocycles. The molecule has 1 N–H and O–H groups in total. The summed E-state index contributed by atoms with van der Waals surface area (Å²) in [5, 5.41) is 18.5. The number of rotatable bonds is 3. The van der Waals surface area contributed by atoms with E-state index in [1.165, 1.54) is 16.8 Å². The number of nitrogens with zero attached hydrogens (tertiary/aromatic N) is 5. The molecule has 106 valence electrons. The molecule has 2 aromatic heterocycles. The van der Waals surface area contributed by atoms with E-state index in [9.17, 15) is 9.59 Å². The molecule has 3 rings (SSSR count). The number of hydrogen-bond donors (Lipinski definition) is 1. The van der Waals surface area contributed by atoms with Crippen molar-refractivity contribution in [3.8, 4) is 0 Å². The zero-order valence-electron chi connectivity index (χ0n) is 10.9. The number of nitrogens with one attached hydrogen (secondary N) is 1. The molecule has 0 spiro atoms. The fraction of sp³-hybridized carbons (Fsp3) is 0.167. The number of amides is 1. The van der Waals surface area contributed by atoms with Gasteiger partial charge in [-0.05, 0) is 19.1 Å². The molecule has 3 aromatic rings. The average molecular weight is 302 g/mol. The number of hydrogen-bond acceptors (Lipinski definition) is 7.